The summed E-state index contributed by atoms with van der Waals surface area (Å²) in [4.78, 5) is 26.5. The van der Waals surface area contributed by atoms with Gasteiger partial charge in [-0.1, -0.05) is 42.0 Å². The molecule has 124 valence electrons. The van der Waals surface area contributed by atoms with Crippen LogP contribution in [0.3, 0.4) is 0 Å². The van der Waals surface area contributed by atoms with Gasteiger partial charge in [-0.25, -0.2) is 0 Å². The van der Waals surface area contributed by atoms with Crippen LogP contribution < -0.4 is 4.90 Å². The van der Waals surface area contributed by atoms with Gasteiger partial charge in [0, 0.05) is 0 Å². The van der Waals surface area contributed by atoms with E-state index in [2.05, 4.69) is 6.58 Å². The van der Waals surface area contributed by atoms with Crippen molar-refractivity contribution in [3.8, 4) is 0 Å². The molecule has 0 unspecified atom stereocenters. The lowest BCUT2D eigenvalue weighted by Crippen LogP contribution is -2.45. The summed E-state index contributed by atoms with van der Waals surface area (Å²) in [7, 11) is 0. The Morgan fingerprint density at radius 3 is 2.88 bits per heavy atom. The summed E-state index contributed by atoms with van der Waals surface area (Å²) in [5.74, 6) is -2.88. The molecule has 2 bridgehead atoms. The lowest BCUT2D eigenvalue weighted by atomic mass is 9.74. The number of hydrogen-bond donors (Lipinski definition) is 1. The monoisotopic (exact) mass is 345 g/mol. The highest BCUT2D eigenvalue weighted by Gasteiger charge is 2.71. The molecule has 3 aliphatic rings. The van der Waals surface area contributed by atoms with Crippen molar-refractivity contribution in [1.29, 1.82) is 0 Å². The Balaban J connectivity index is 1.87. The fraction of sp³-hybridized carbons (Fsp3) is 0.333. The van der Waals surface area contributed by atoms with Crippen LogP contribution in [0.15, 0.2) is 49.1 Å². The number of fused-ring (bicyclic) bond motifs is 1. The zero-order chi connectivity index (χ0) is 17.1. The summed E-state index contributed by atoms with van der Waals surface area (Å²) < 4.78 is 6.04. The van der Waals surface area contributed by atoms with Gasteiger partial charge in [0.1, 0.15) is 11.5 Å². The van der Waals surface area contributed by atoms with Crippen LogP contribution in [0, 0.1) is 11.8 Å². The number of carboxylic acids is 1. The van der Waals surface area contributed by atoms with Gasteiger partial charge in [-0.3, -0.25) is 9.59 Å². The van der Waals surface area contributed by atoms with E-state index >= 15 is 0 Å². The van der Waals surface area contributed by atoms with E-state index in [4.69, 9.17) is 16.3 Å². The molecule has 1 spiro atoms. The molecule has 5 nitrogen and oxygen atoms in total. The predicted octanol–water partition coefficient (Wildman–Crippen LogP) is 2.66. The first kappa shape index (κ1) is 15.4. The van der Waals surface area contributed by atoms with Crippen molar-refractivity contribution in [3.05, 3.63) is 54.1 Å². The largest absolute Gasteiger partial charge is 0.481 e. The van der Waals surface area contributed by atoms with Crippen molar-refractivity contribution in [1.82, 2.24) is 0 Å². The molecule has 1 aromatic carbocycles. The van der Waals surface area contributed by atoms with Crippen LogP contribution in [0.25, 0.3) is 0 Å². The number of rotatable bonds is 4. The number of aliphatic carboxylic acids is 1. The highest BCUT2D eigenvalue weighted by atomic mass is 35.5. The number of benzene rings is 1. The minimum Gasteiger partial charge on any atom is -0.481 e. The molecule has 24 heavy (non-hydrogen) atoms. The Kier molecular flexibility index (Phi) is 3.34. The maximum Gasteiger partial charge on any atom is 0.310 e. The van der Waals surface area contributed by atoms with Gasteiger partial charge in [0.25, 0.3) is 0 Å². The Morgan fingerprint density at radius 1 is 1.46 bits per heavy atom. The molecule has 1 N–H and O–H groups in total. The van der Waals surface area contributed by atoms with Crippen molar-refractivity contribution in [3.63, 3.8) is 0 Å². The van der Waals surface area contributed by atoms with Crippen molar-refractivity contribution < 1.29 is 19.4 Å². The molecular formula is C18H16ClNO4. The molecule has 1 aromatic rings. The Hall–Kier alpha value is -2.11. The average Bonchev–Trinajstić information content (AvgIpc) is 3.18. The van der Waals surface area contributed by atoms with Crippen LogP contribution in [0.2, 0.25) is 5.02 Å². The summed E-state index contributed by atoms with van der Waals surface area (Å²) in [5, 5.41) is 10.0. The zero-order valence-electron chi connectivity index (χ0n) is 12.8. The summed E-state index contributed by atoms with van der Waals surface area (Å²) in [6, 6.07) is 6.70. The second-order valence-electron chi connectivity index (χ2n) is 6.34. The molecule has 5 atom stereocenters. The molecule has 4 rings (SSSR count). The van der Waals surface area contributed by atoms with Crippen LogP contribution in [-0.4, -0.2) is 34.7 Å². The molecule has 0 saturated carbocycles. The van der Waals surface area contributed by atoms with Gasteiger partial charge in [0.05, 0.1) is 28.8 Å². The molecule has 0 aromatic heterocycles. The molecule has 2 fully saturated rings. The van der Waals surface area contributed by atoms with E-state index in [1.807, 2.05) is 6.08 Å². The van der Waals surface area contributed by atoms with Gasteiger partial charge in [0.2, 0.25) is 5.91 Å². The maximum atomic E-state index is 13.2. The Bertz CT molecular complexity index is 776. The number of carboxylic acid groups (broad SMARTS) is 1. The maximum absolute atomic E-state index is 13.2. The lowest BCUT2D eigenvalue weighted by molar-refractivity contribution is -0.146. The third-order valence-corrected chi connectivity index (χ3v) is 5.53. The predicted molar refractivity (Wildman–Crippen MR) is 88.9 cm³/mol. The third-order valence-electron chi connectivity index (χ3n) is 5.21. The highest BCUT2D eigenvalue weighted by molar-refractivity contribution is 6.34. The SMILES string of the molecule is C=CC[C@H]1N(c2ccccc2Cl)C(=O)[C@H]2[C@@H](C(=O)O)[C@H]3C=C[C@@]21O3. The van der Waals surface area contributed by atoms with Crippen molar-refractivity contribution in [2.45, 2.75) is 24.2 Å². The average molecular weight is 346 g/mol. The fourth-order valence-electron chi connectivity index (χ4n) is 4.31. The number of ether oxygens (including phenoxy) is 1. The van der Waals surface area contributed by atoms with Gasteiger partial charge < -0.3 is 14.7 Å². The van der Waals surface area contributed by atoms with E-state index in [1.54, 1.807) is 41.3 Å². The molecule has 2 saturated heterocycles. The van der Waals surface area contributed by atoms with Crippen molar-refractivity contribution in [2.24, 2.45) is 11.8 Å². The second kappa shape index (κ2) is 5.19. The Labute approximate surface area is 144 Å². The van der Waals surface area contributed by atoms with Gasteiger partial charge in [0.15, 0.2) is 0 Å². The number of carbonyl (C=O) groups excluding carboxylic acids is 1. The van der Waals surface area contributed by atoms with E-state index in [9.17, 15) is 14.7 Å². The molecular weight excluding hydrogens is 330 g/mol. The lowest BCUT2D eigenvalue weighted by Gasteiger charge is -2.32. The van der Waals surface area contributed by atoms with E-state index < -0.39 is 29.5 Å². The highest BCUT2D eigenvalue weighted by Crippen LogP contribution is 2.56. The number of hydrogen-bond acceptors (Lipinski definition) is 3. The first-order chi connectivity index (χ1) is 11.5. The van der Waals surface area contributed by atoms with E-state index in [1.165, 1.54) is 0 Å². The molecule has 3 heterocycles. The first-order valence-corrected chi connectivity index (χ1v) is 8.17. The molecule has 1 amide bonds. The third kappa shape index (κ3) is 1.79. The minimum absolute atomic E-state index is 0.255. The van der Waals surface area contributed by atoms with Crippen LogP contribution in [0.4, 0.5) is 5.69 Å². The van der Waals surface area contributed by atoms with Gasteiger partial charge >= 0.3 is 5.97 Å². The second-order valence-corrected chi connectivity index (χ2v) is 6.74. The smallest absolute Gasteiger partial charge is 0.310 e. The standard InChI is InChI=1S/C18H16ClNO4/c1-2-5-13-18-9-8-12(24-18)14(17(22)23)15(18)16(21)20(13)11-7-4-3-6-10(11)19/h2-4,6-9,12-15H,1,5H2,(H,22,23)/t12-,13-,14+,15-,18+/m1/s1. The quantitative estimate of drug-likeness (QED) is 0.852. The van der Waals surface area contributed by atoms with E-state index in [0.29, 0.717) is 17.1 Å². The number of amides is 1. The minimum atomic E-state index is -1.01. The van der Waals surface area contributed by atoms with Crippen LogP contribution in [0.1, 0.15) is 6.42 Å². The van der Waals surface area contributed by atoms with Crippen LogP contribution in [-0.2, 0) is 14.3 Å². The summed E-state index contributed by atoms with van der Waals surface area (Å²) in [6.07, 6.45) is 5.26. The first-order valence-electron chi connectivity index (χ1n) is 7.79. The van der Waals surface area contributed by atoms with Crippen LogP contribution >= 0.6 is 11.6 Å². The molecule has 0 aliphatic carbocycles. The van der Waals surface area contributed by atoms with Gasteiger partial charge in [-0.05, 0) is 18.6 Å². The van der Waals surface area contributed by atoms with Gasteiger partial charge in [-0.15, -0.1) is 6.58 Å². The van der Waals surface area contributed by atoms with E-state index in [-0.39, 0.29) is 11.9 Å². The number of anilines is 1. The summed E-state index contributed by atoms with van der Waals surface area (Å²) in [6.45, 7) is 3.78. The molecule has 0 radical (unpaired) electrons. The zero-order valence-corrected chi connectivity index (χ0v) is 13.5. The topological polar surface area (TPSA) is 66.8 Å². The summed E-state index contributed by atoms with van der Waals surface area (Å²) >= 11 is 6.29. The molecule has 3 aliphatic heterocycles. The van der Waals surface area contributed by atoms with Crippen molar-refractivity contribution in [2.75, 3.05) is 4.90 Å². The number of halogens is 1. The van der Waals surface area contributed by atoms with E-state index in [0.717, 1.165) is 0 Å². The van der Waals surface area contributed by atoms with Crippen molar-refractivity contribution >= 4 is 29.2 Å². The number of para-hydroxylation sites is 1. The Morgan fingerprint density at radius 2 is 2.21 bits per heavy atom. The normalized spacial score (nSPS) is 36.2. The fourth-order valence-corrected chi connectivity index (χ4v) is 4.54. The van der Waals surface area contributed by atoms with Gasteiger partial charge in [-0.2, -0.15) is 0 Å². The number of carbonyl (C=O) groups is 2. The summed E-state index contributed by atoms with van der Waals surface area (Å²) in [5.41, 5.74) is -0.359. The molecule has 6 heteroatoms. The van der Waals surface area contributed by atoms with Crippen LogP contribution in [0.5, 0.6) is 0 Å². The number of nitrogens with zero attached hydrogens (tertiary/aromatic N) is 1.